The first kappa shape index (κ1) is 16.1. The number of aromatic nitrogens is 5. The van der Waals surface area contributed by atoms with Gasteiger partial charge in [-0.3, -0.25) is 4.79 Å². The van der Waals surface area contributed by atoms with Crippen LogP contribution < -0.4 is 10.9 Å². The number of anilines is 1. The molecule has 9 heteroatoms. The van der Waals surface area contributed by atoms with Gasteiger partial charge in [-0.1, -0.05) is 23.2 Å². The van der Waals surface area contributed by atoms with Crippen LogP contribution in [0.15, 0.2) is 41.6 Å². The maximum atomic E-state index is 12.5. The van der Waals surface area contributed by atoms with Crippen molar-refractivity contribution in [1.29, 1.82) is 0 Å². The fraction of sp³-hybridized carbons (Fsp3) is 0.250. The van der Waals surface area contributed by atoms with E-state index in [1.807, 2.05) is 4.68 Å². The van der Waals surface area contributed by atoms with Gasteiger partial charge in [0.2, 0.25) is 0 Å². The van der Waals surface area contributed by atoms with Gasteiger partial charge in [-0.25, -0.2) is 9.67 Å². The van der Waals surface area contributed by atoms with Crippen molar-refractivity contribution in [2.75, 3.05) is 5.32 Å². The molecule has 0 aliphatic carbocycles. The Labute approximate surface area is 153 Å². The molecule has 3 aromatic rings. The van der Waals surface area contributed by atoms with Crippen LogP contribution in [0.3, 0.4) is 0 Å². The van der Waals surface area contributed by atoms with Crippen molar-refractivity contribution in [1.82, 2.24) is 24.5 Å². The molecule has 1 aliphatic rings. The van der Waals surface area contributed by atoms with E-state index in [1.165, 1.54) is 4.68 Å². The number of hydrogen-bond acceptors (Lipinski definition) is 5. The monoisotopic (exact) mass is 376 g/mol. The topological polar surface area (TPSA) is 77.6 Å². The standard InChI is InChI=1S/C16H14Cl2N6O/c17-10-1-4-12(5-2-10)24-16(25)15(18)13(7-20-24)22-11-3-6-14-19-9-21-23(14)8-11/h1-2,4-5,7,9,11,22H,3,6,8H2. The predicted octanol–water partition coefficient (Wildman–Crippen LogP) is 2.56. The molecule has 7 nitrogen and oxygen atoms in total. The number of benzene rings is 1. The second kappa shape index (κ2) is 6.50. The third-order valence-electron chi connectivity index (χ3n) is 4.16. The normalized spacial score (nSPS) is 16.5. The van der Waals surface area contributed by atoms with Crippen molar-refractivity contribution >= 4 is 28.9 Å². The molecule has 1 unspecified atom stereocenters. The molecule has 0 spiro atoms. The third kappa shape index (κ3) is 3.12. The highest BCUT2D eigenvalue weighted by Gasteiger charge is 2.21. The van der Waals surface area contributed by atoms with Crippen LogP contribution in [0.4, 0.5) is 5.69 Å². The minimum atomic E-state index is -0.383. The van der Waals surface area contributed by atoms with Crippen molar-refractivity contribution in [2.24, 2.45) is 0 Å². The Morgan fingerprint density at radius 3 is 2.76 bits per heavy atom. The highest BCUT2D eigenvalue weighted by Crippen LogP contribution is 2.21. The molecule has 0 fully saturated rings. The van der Waals surface area contributed by atoms with Crippen LogP contribution in [0, 0.1) is 0 Å². The smallest absolute Gasteiger partial charge is 0.292 e. The molecule has 1 N–H and O–H groups in total. The Balaban J connectivity index is 1.59. The number of nitrogens with one attached hydrogen (secondary N) is 1. The second-order valence-corrected chi connectivity index (χ2v) is 6.62. The largest absolute Gasteiger partial charge is 0.378 e. The number of halogens is 2. The Hall–Kier alpha value is -2.38. The fourth-order valence-electron chi connectivity index (χ4n) is 2.87. The van der Waals surface area contributed by atoms with E-state index in [1.54, 1.807) is 36.8 Å². The number of aryl methyl sites for hydroxylation is 1. The van der Waals surface area contributed by atoms with Gasteiger partial charge in [0.05, 0.1) is 24.1 Å². The average Bonchev–Trinajstić information content (AvgIpc) is 3.08. The third-order valence-corrected chi connectivity index (χ3v) is 4.77. The van der Waals surface area contributed by atoms with Gasteiger partial charge in [0, 0.05) is 17.5 Å². The van der Waals surface area contributed by atoms with Gasteiger partial charge in [-0.2, -0.15) is 14.9 Å². The molecule has 1 aromatic carbocycles. The van der Waals surface area contributed by atoms with E-state index < -0.39 is 0 Å². The lowest BCUT2D eigenvalue weighted by atomic mass is 10.1. The summed E-state index contributed by atoms with van der Waals surface area (Å²) >= 11 is 12.2. The number of fused-ring (bicyclic) bond motifs is 1. The molecule has 1 aliphatic heterocycles. The lowest BCUT2D eigenvalue weighted by Gasteiger charge is -2.24. The molecule has 0 bridgehead atoms. The number of nitrogens with zero attached hydrogens (tertiary/aromatic N) is 5. The Kier molecular flexibility index (Phi) is 4.19. The van der Waals surface area contributed by atoms with Crippen molar-refractivity contribution in [3.05, 3.63) is 63.0 Å². The van der Waals surface area contributed by atoms with Crippen LogP contribution in [0.1, 0.15) is 12.2 Å². The average molecular weight is 377 g/mol. The molecule has 3 heterocycles. The SMILES string of the molecule is O=c1c(Cl)c(NC2CCc3ncnn3C2)cnn1-c1ccc(Cl)cc1. The first-order chi connectivity index (χ1) is 12.1. The molecule has 0 saturated heterocycles. The summed E-state index contributed by atoms with van der Waals surface area (Å²) in [5, 5.41) is 12.4. The molecule has 128 valence electrons. The Morgan fingerprint density at radius 2 is 1.96 bits per heavy atom. The minimum absolute atomic E-state index is 0.106. The van der Waals surface area contributed by atoms with Crippen LogP contribution in [-0.2, 0) is 13.0 Å². The van der Waals surface area contributed by atoms with E-state index in [9.17, 15) is 4.79 Å². The summed E-state index contributed by atoms with van der Waals surface area (Å²) in [6.07, 6.45) is 4.83. The lowest BCUT2D eigenvalue weighted by molar-refractivity contribution is 0.441. The molecule has 0 radical (unpaired) electrons. The molecule has 4 rings (SSSR count). The van der Waals surface area contributed by atoms with E-state index >= 15 is 0 Å². The van der Waals surface area contributed by atoms with Crippen LogP contribution in [0.2, 0.25) is 10.0 Å². The molecule has 1 atom stereocenters. The summed E-state index contributed by atoms with van der Waals surface area (Å²) in [7, 11) is 0. The van der Waals surface area contributed by atoms with Gasteiger partial charge in [0.1, 0.15) is 17.2 Å². The van der Waals surface area contributed by atoms with Gasteiger partial charge in [-0.05, 0) is 30.7 Å². The number of hydrogen-bond donors (Lipinski definition) is 1. The Bertz CT molecular complexity index is 966. The second-order valence-electron chi connectivity index (χ2n) is 5.80. The van der Waals surface area contributed by atoms with Gasteiger partial charge < -0.3 is 5.32 Å². The predicted molar refractivity (Wildman–Crippen MR) is 95.6 cm³/mol. The number of rotatable bonds is 3. The van der Waals surface area contributed by atoms with Gasteiger partial charge in [-0.15, -0.1) is 0 Å². The maximum Gasteiger partial charge on any atom is 0.292 e. The zero-order valence-corrected chi connectivity index (χ0v) is 14.6. The van der Waals surface area contributed by atoms with Crippen LogP contribution >= 0.6 is 23.2 Å². The fourth-order valence-corrected chi connectivity index (χ4v) is 3.18. The summed E-state index contributed by atoms with van der Waals surface area (Å²) in [6, 6.07) is 6.94. The highest BCUT2D eigenvalue weighted by atomic mass is 35.5. The van der Waals surface area contributed by atoms with Crippen LogP contribution in [0.5, 0.6) is 0 Å². The summed E-state index contributed by atoms with van der Waals surface area (Å²) in [6.45, 7) is 0.673. The molecule has 0 amide bonds. The van der Waals surface area contributed by atoms with Gasteiger partial charge in [0.15, 0.2) is 0 Å². The van der Waals surface area contributed by atoms with E-state index in [4.69, 9.17) is 23.2 Å². The van der Waals surface area contributed by atoms with E-state index in [-0.39, 0.29) is 16.6 Å². The molecule has 2 aromatic heterocycles. The molecule has 0 saturated carbocycles. The summed E-state index contributed by atoms with van der Waals surface area (Å²) in [5.41, 5.74) is 0.740. The molecular weight excluding hydrogens is 363 g/mol. The summed E-state index contributed by atoms with van der Waals surface area (Å²) in [5.74, 6) is 0.973. The van der Waals surface area contributed by atoms with Crippen molar-refractivity contribution in [3.63, 3.8) is 0 Å². The Morgan fingerprint density at radius 1 is 1.16 bits per heavy atom. The molecular formula is C16H14Cl2N6O. The zero-order chi connectivity index (χ0) is 17.4. The van der Waals surface area contributed by atoms with E-state index in [0.29, 0.717) is 22.9 Å². The van der Waals surface area contributed by atoms with Crippen molar-refractivity contribution < 1.29 is 0 Å². The maximum absolute atomic E-state index is 12.5. The van der Waals surface area contributed by atoms with E-state index in [0.717, 1.165) is 18.7 Å². The van der Waals surface area contributed by atoms with E-state index in [2.05, 4.69) is 20.5 Å². The lowest BCUT2D eigenvalue weighted by Crippen LogP contribution is -2.33. The van der Waals surface area contributed by atoms with Gasteiger partial charge >= 0.3 is 0 Å². The molecule has 25 heavy (non-hydrogen) atoms. The summed E-state index contributed by atoms with van der Waals surface area (Å²) in [4.78, 5) is 16.7. The summed E-state index contributed by atoms with van der Waals surface area (Å²) < 4.78 is 3.11. The minimum Gasteiger partial charge on any atom is -0.378 e. The highest BCUT2D eigenvalue weighted by molar-refractivity contribution is 6.33. The van der Waals surface area contributed by atoms with Crippen molar-refractivity contribution in [2.45, 2.75) is 25.4 Å². The quantitative estimate of drug-likeness (QED) is 0.759. The zero-order valence-electron chi connectivity index (χ0n) is 13.1. The first-order valence-corrected chi connectivity index (χ1v) is 8.54. The van der Waals surface area contributed by atoms with Crippen molar-refractivity contribution in [3.8, 4) is 5.69 Å². The van der Waals surface area contributed by atoms with Gasteiger partial charge in [0.25, 0.3) is 5.56 Å². The first-order valence-electron chi connectivity index (χ1n) is 7.79. The van der Waals surface area contributed by atoms with Crippen LogP contribution in [-0.4, -0.2) is 30.6 Å². The van der Waals surface area contributed by atoms with Crippen LogP contribution in [0.25, 0.3) is 5.69 Å².